The van der Waals surface area contributed by atoms with Gasteiger partial charge >= 0.3 is 5.97 Å². The third-order valence-corrected chi connectivity index (χ3v) is 8.74. The summed E-state index contributed by atoms with van der Waals surface area (Å²) in [5.74, 6) is -0.0622. The molecule has 1 heterocycles. The van der Waals surface area contributed by atoms with Crippen LogP contribution in [0.5, 0.6) is 5.75 Å². The molecule has 1 aliphatic heterocycles. The molecule has 0 bridgehead atoms. The summed E-state index contributed by atoms with van der Waals surface area (Å²) in [5, 5.41) is 60.2. The molecule has 0 amide bonds. The van der Waals surface area contributed by atoms with Gasteiger partial charge in [-0.15, -0.1) is 0 Å². The van der Waals surface area contributed by atoms with Crippen LogP contribution in [-0.2, 0) is 16.0 Å². The van der Waals surface area contributed by atoms with E-state index in [-0.39, 0.29) is 11.3 Å². The number of ether oxygens (including phenoxy) is 2. The minimum atomic E-state index is -1.76. The average Bonchev–Trinajstić information content (AvgIpc) is 3.02. The van der Waals surface area contributed by atoms with Crippen molar-refractivity contribution < 1.29 is 44.9 Å². The van der Waals surface area contributed by atoms with Crippen molar-refractivity contribution in [3.05, 3.63) is 29.3 Å². The smallest absolute Gasteiger partial charge is 0.335 e. The maximum absolute atomic E-state index is 11.3. The Morgan fingerprint density at radius 3 is 2.58 bits per heavy atom. The first kappa shape index (κ1) is 23.0. The van der Waals surface area contributed by atoms with Crippen molar-refractivity contribution in [2.75, 3.05) is 0 Å². The number of carboxylic acid groups (broad SMARTS) is 1. The van der Waals surface area contributed by atoms with E-state index < -0.39 is 48.9 Å². The van der Waals surface area contributed by atoms with Gasteiger partial charge in [0.05, 0.1) is 12.2 Å². The van der Waals surface area contributed by atoms with Crippen molar-refractivity contribution in [3.8, 4) is 5.75 Å². The molecule has 6 N–H and O–H groups in total. The lowest BCUT2D eigenvalue weighted by Crippen LogP contribution is -2.61. The molecule has 0 spiro atoms. The second-order valence-corrected chi connectivity index (χ2v) is 10.4. The molecule has 3 aliphatic carbocycles. The summed E-state index contributed by atoms with van der Waals surface area (Å²) in [6.07, 6.45) is -5.40. The zero-order valence-corrected chi connectivity index (χ0v) is 18.4. The number of benzene rings is 1. The number of hydrogen-bond donors (Lipinski definition) is 6. The van der Waals surface area contributed by atoms with E-state index >= 15 is 0 Å². The van der Waals surface area contributed by atoms with Gasteiger partial charge < -0.3 is 40.1 Å². The van der Waals surface area contributed by atoms with Gasteiger partial charge in [-0.2, -0.15) is 0 Å². The summed E-state index contributed by atoms with van der Waals surface area (Å²) in [7, 11) is 0. The third-order valence-electron chi connectivity index (χ3n) is 8.74. The lowest BCUT2D eigenvalue weighted by Gasteiger charge is -2.50. The van der Waals surface area contributed by atoms with Crippen LogP contribution in [0, 0.1) is 17.3 Å². The quantitative estimate of drug-likeness (QED) is 0.366. The predicted octanol–water partition coefficient (Wildman–Crippen LogP) is 0.145. The molecule has 182 valence electrons. The molecule has 1 aromatic carbocycles. The van der Waals surface area contributed by atoms with Crippen LogP contribution in [0.15, 0.2) is 18.2 Å². The molecule has 4 aliphatic rings. The molecule has 2 saturated carbocycles. The summed E-state index contributed by atoms with van der Waals surface area (Å²) in [4.78, 5) is 11.3. The number of aliphatic hydroxyl groups is 5. The van der Waals surface area contributed by atoms with Crippen LogP contribution >= 0.6 is 0 Å². The number of fused-ring (bicyclic) bond motifs is 5. The first-order chi connectivity index (χ1) is 15.6. The van der Waals surface area contributed by atoms with Gasteiger partial charge in [-0.1, -0.05) is 13.0 Å². The van der Waals surface area contributed by atoms with Crippen LogP contribution < -0.4 is 4.74 Å². The molecule has 0 aromatic heterocycles. The Morgan fingerprint density at radius 2 is 1.85 bits per heavy atom. The van der Waals surface area contributed by atoms with Crippen molar-refractivity contribution in [1.29, 1.82) is 0 Å². The highest BCUT2D eigenvalue weighted by molar-refractivity contribution is 5.73. The third kappa shape index (κ3) is 3.57. The Balaban J connectivity index is 1.34. The van der Waals surface area contributed by atoms with Gasteiger partial charge in [0, 0.05) is 0 Å². The lowest BCUT2D eigenvalue weighted by molar-refractivity contribution is -0.271. The fraction of sp³-hybridized carbons (Fsp3) is 0.708. The topological polar surface area (TPSA) is 157 Å². The normalized spacial score (nSPS) is 46.7. The van der Waals surface area contributed by atoms with Gasteiger partial charge in [-0.3, -0.25) is 0 Å². The van der Waals surface area contributed by atoms with Gasteiger partial charge in [0.15, 0.2) is 6.10 Å². The van der Waals surface area contributed by atoms with Crippen LogP contribution in [0.25, 0.3) is 0 Å². The standard InChI is InChI=1S/C24H32O9/c1-24-7-6-13-12-5-3-11(32-23-19(28)17(26)18(27)20(33-23)22(30)31)8-10(12)2-4-14(13)15(24)9-16(25)21(24)29/h3,5,8,13-21,23,25-29H,2,4,6-7,9H2,1H3,(H,30,31)/t13-,14-,15+,16-,17+,18+,19-,20+,21-,23-,24+/m1/s1. The number of aryl methyl sites for hydroxylation is 1. The molecule has 9 nitrogen and oxygen atoms in total. The van der Waals surface area contributed by atoms with E-state index in [1.807, 2.05) is 12.1 Å². The number of carboxylic acids is 1. The summed E-state index contributed by atoms with van der Waals surface area (Å²) < 4.78 is 10.9. The summed E-state index contributed by atoms with van der Waals surface area (Å²) in [6, 6.07) is 5.60. The van der Waals surface area contributed by atoms with E-state index in [1.165, 1.54) is 5.56 Å². The van der Waals surface area contributed by atoms with Crippen LogP contribution in [0.1, 0.15) is 49.7 Å². The van der Waals surface area contributed by atoms with Crippen molar-refractivity contribution in [2.45, 2.75) is 87.9 Å². The number of rotatable bonds is 3. The van der Waals surface area contributed by atoms with Crippen LogP contribution in [0.3, 0.4) is 0 Å². The highest BCUT2D eigenvalue weighted by atomic mass is 16.7. The second kappa shape index (κ2) is 8.18. The number of hydrogen-bond acceptors (Lipinski definition) is 8. The Bertz CT molecular complexity index is 921. The van der Waals surface area contributed by atoms with E-state index in [9.17, 15) is 35.4 Å². The van der Waals surface area contributed by atoms with Crippen LogP contribution in [-0.4, -0.2) is 79.5 Å². The highest BCUT2D eigenvalue weighted by Gasteiger charge is 2.57. The SMILES string of the molecule is C[C@]12CC[C@@H]3c4ccc(O[C@@H]5O[C@H](C(=O)O)[C@@H](O)[C@H](O)[C@H]5O)cc4CC[C@H]3[C@@H]1C[C@@H](O)[C@H]2O. The minimum absolute atomic E-state index is 0.248. The van der Waals surface area contributed by atoms with Crippen molar-refractivity contribution in [1.82, 2.24) is 0 Å². The predicted molar refractivity (Wildman–Crippen MR) is 113 cm³/mol. The highest BCUT2D eigenvalue weighted by Crippen LogP contribution is 2.61. The number of aliphatic carboxylic acids is 1. The molecule has 33 heavy (non-hydrogen) atoms. The fourth-order valence-electron chi connectivity index (χ4n) is 6.90. The number of aliphatic hydroxyl groups excluding tert-OH is 5. The molecule has 0 radical (unpaired) electrons. The van der Waals surface area contributed by atoms with Crippen molar-refractivity contribution in [2.24, 2.45) is 17.3 Å². The van der Waals surface area contributed by atoms with E-state index in [4.69, 9.17) is 9.47 Å². The van der Waals surface area contributed by atoms with E-state index in [0.29, 0.717) is 24.0 Å². The molecular formula is C24H32O9. The minimum Gasteiger partial charge on any atom is -0.479 e. The van der Waals surface area contributed by atoms with Crippen molar-refractivity contribution >= 4 is 5.97 Å². The van der Waals surface area contributed by atoms with Gasteiger partial charge in [0.2, 0.25) is 6.29 Å². The zero-order valence-electron chi connectivity index (χ0n) is 18.4. The summed E-state index contributed by atoms with van der Waals surface area (Å²) in [6.45, 7) is 2.10. The maximum Gasteiger partial charge on any atom is 0.335 e. The zero-order chi connectivity index (χ0) is 23.7. The molecule has 0 unspecified atom stereocenters. The molecule has 3 fully saturated rings. The Kier molecular flexibility index (Phi) is 5.70. The van der Waals surface area contributed by atoms with Gasteiger partial charge in [0.25, 0.3) is 0 Å². The van der Waals surface area contributed by atoms with Gasteiger partial charge in [-0.25, -0.2) is 4.79 Å². The van der Waals surface area contributed by atoms with Gasteiger partial charge in [-0.05, 0) is 78.5 Å². The first-order valence-corrected chi connectivity index (χ1v) is 11.7. The van der Waals surface area contributed by atoms with E-state index in [0.717, 1.165) is 31.2 Å². The number of carbonyl (C=O) groups is 1. The molecule has 11 atom stereocenters. The summed E-state index contributed by atoms with van der Waals surface area (Å²) in [5.41, 5.74) is 2.08. The average molecular weight is 465 g/mol. The van der Waals surface area contributed by atoms with Crippen LogP contribution in [0.4, 0.5) is 0 Å². The molecule has 1 saturated heterocycles. The monoisotopic (exact) mass is 464 g/mol. The Hall–Kier alpha value is -1.75. The lowest BCUT2D eigenvalue weighted by atomic mass is 9.55. The van der Waals surface area contributed by atoms with E-state index in [1.54, 1.807) is 6.07 Å². The largest absolute Gasteiger partial charge is 0.479 e. The van der Waals surface area contributed by atoms with Crippen molar-refractivity contribution in [3.63, 3.8) is 0 Å². The molecule has 5 rings (SSSR count). The second-order valence-electron chi connectivity index (χ2n) is 10.4. The Labute approximate surface area is 191 Å². The van der Waals surface area contributed by atoms with E-state index in [2.05, 4.69) is 6.92 Å². The Morgan fingerprint density at radius 1 is 1.09 bits per heavy atom. The van der Waals surface area contributed by atoms with Crippen LogP contribution in [0.2, 0.25) is 0 Å². The first-order valence-electron chi connectivity index (χ1n) is 11.7. The summed E-state index contributed by atoms with van der Waals surface area (Å²) >= 11 is 0. The molecular weight excluding hydrogens is 432 g/mol. The van der Waals surface area contributed by atoms with Gasteiger partial charge in [0.1, 0.15) is 24.1 Å². The molecule has 1 aromatic rings. The molecule has 9 heteroatoms. The maximum atomic E-state index is 11.3. The fourth-order valence-corrected chi connectivity index (χ4v) is 6.90.